The monoisotopic (exact) mass is 284 g/mol. The smallest absolute Gasteiger partial charge is 0.251 e. The Kier molecular flexibility index (Phi) is 6.84. The van der Waals surface area contributed by atoms with Crippen LogP contribution in [0, 0.1) is 0 Å². The van der Waals surface area contributed by atoms with Crippen LogP contribution < -0.4 is 10.6 Å². The standard InChI is InChI=1S/C14H20N2O2.ClH/c1-18-10-11-4-6-12(7-5-11)14(17)16-9-13-3-2-8-15-13;/h4-7,13,15H,2-3,8-10H2,1H3,(H,16,17);1H. The fraction of sp³-hybridized carbons (Fsp3) is 0.500. The Balaban J connectivity index is 0.00000180. The maximum Gasteiger partial charge on any atom is 0.251 e. The molecule has 2 rings (SSSR count). The molecule has 1 heterocycles. The molecule has 2 N–H and O–H groups in total. The van der Waals surface area contributed by atoms with E-state index in [1.165, 1.54) is 6.42 Å². The number of benzene rings is 1. The molecule has 1 aromatic carbocycles. The maximum absolute atomic E-state index is 11.9. The minimum absolute atomic E-state index is 0. The zero-order valence-electron chi connectivity index (χ0n) is 11.1. The number of amides is 1. The van der Waals surface area contributed by atoms with Gasteiger partial charge in [0.05, 0.1) is 6.61 Å². The molecule has 1 unspecified atom stereocenters. The van der Waals surface area contributed by atoms with Gasteiger partial charge in [-0.3, -0.25) is 4.79 Å². The van der Waals surface area contributed by atoms with Crippen LogP contribution in [0.15, 0.2) is 24.3 Å². The molecule has 1 fully saturated rings. The van der Waals surface area contributed by atoms with Crippen LogP contribution in [-0.4, -0.2) is 32.1 Å². The molecule has 1 aliphatic heterocycles. The van der Waals surface area contributed by atoms with Gasteiger partial charge in [0.1, 0.15) is 0 Å². The third-order valence-electron chi connectivity index (χ3n) is 3.20. The van der Waals surface area contributed by atoms with Crippen molar-refractivity contribution in [3.05, 3.63) is 35.4 Å². The van der Waals surface area contributed by atoms with Gasteiger partial charge in [-0.2, -0.15) is 0 Å². The van der Waals surface area contributed by atoms with Crippen molar-refractivity contribution in [3.8, 4) is 0 Å². The van der Waals surface area contributed by atoms with E-state index in [0.717, 1.165) is 18.5 Å². The number of halogens is 1. The molecular formula is C14H21ClN2O2. The Morgan fingerprint density at radius 1 is 1.42 bits per heavy atom. The second kappa shape index (κ2) is 8.15. The van der Waals surface area contributed by atoms with Crippen LogP contribution in [0.3, 0.4) is 0 Å². The number of carbonyl (C=O) groups excluding carboxylic acids is 1. The molecule has 19 heavy (non-hydrogen) atoms. The number of nitrogens with one attached hydrogen (secondary N) is 2. The fourth-order valence-electron chi connectivity index (χ4n) is 2.17. The van der Waals surface area contributed by atoms with Gasteiger partial charge in [0.25, 0.3) is 5.91 Å². The summed E-state index contributed by atoms with van der Waals surface area (Å²) < 4.78 is 5.03. The molecule has 0 spiro atoms. The van der Waals surface area contributed by atoms with Gasteiger partial charge in [-0.1, -0.05) is 12.1 Å². The Morgan fingerprint density at radius 3 is 2.74 bits per heavy atom. The third kappa shape index (κ3) is 4.82. The molecule has 0 bridgehead atoms. The number of rotatable bonds is 5. The Labute approximate surface area is 120 Å². The van der Waals surface area contributed by atoms with Gasteiger partial charge in [-0.25, -0.2) is 0 Å². The van der Waals surface area contributed by atoms with Crippen LogP contribution in [0.25, 0.3) is 0 Å². The number of ether oxygens (including phenoxy) is 1. The lowest BCUT2D eigenvalue weighted by Gasteiger charge is -2.11. The van der Waals surface area contributed by atoms with E-state index in [9.17, 15) is 4.79 Å². The van der Waals surface area contributed by atoms with Gasteiger partial charge in [0.15, 0.2) is 0 Å². The summed E-state index contributed by atoms with van der Waals surface area (Å²) in [5.74, 6) is -0.00679. The van der Waals surface area contributed by atoms with Crippen molar-refractivity contribution in [2.45, 2.75) is 25.5 Å². The van der Waals surface area contributed by atoms with Crippen LogP contribution in [0.1, 0.15) is 28.8 Å². The van der Waals surface area contributed by atoms with Crippen LogP contribution in [0.5, 0.6) is 0 Å². The summed E-state index contributed by atoms with van der Waals surface area (Å²) in [5, 5.41) is 6.32. The zero-order valence-corrected chi connectivity index (χ0v) is 12.0. The lowest BCUT2D eigenvalue weighted by molar-refractivity contribution is 0.0950. The average Bonchev–Trinajstić information content (AvgIpc) is 2.90. The molecule has 106 valence electrons. The number of carbonyl (C=O) groups is 1. The molecular weight excluding hydrogens is 264 g/mol. The van der Waals surface area contributed by atoms with E-state index < -0.39 is 0 Å². The summed E-state index contributed by atoms with van der Waals surface area (Å²) >= 11 is 0. The van der Waals surface area contributed by atoms with E-state index in [4.69, 9.17) is 4.74 Å². The van der Waals surface area contributed by atoms with Crippen molar-refractivity contribution < 1.29 is 9.53 Å². The topological polar surface area (TPSA) is 50.4 Å². The van der Waals surface area contributed by atoms with Crippen molar-refractivity contribution in [1.29, 1.82) is 0 Å². The van der Waals surface area contributed by atoms with Crippen LogP contribution in [0.2, 0.25) is 0 Å². The van der Waals surface area contributed by atoms with E-state index in [0.29, 0.717) is 24.8 Å². The first-order valence-corrected chi connectivity index (χ1v) is 6.39. The van der Waals surface area contributed by atoms with Crippen LogP contribution in [-0.2, 0) is 11.3 Å². The van der Waals surface area contributed by atoms with Crippen LogP contribution >= 0.6 is 12.4 Å². The highest BCUT2D eigenvalue weighted by atomic mass is 35.5. The maximum atomic E-state index is 11.9. The lowest BCUT2D eigenvalue weighted by Crippen LogP contribution is -2.37. The minimum Gasteiger partial charge on any atom is -0.380 e. The molecule has 5 heteroatoms. The van der Waals surface area contributed by atoms with Crippen molar-refractivity contribution in [1.82, 2.24) is 10.6 Å². The van der Waals surface area contributed by atoms with E-state index >= 15 is 0 Å². The molecule has 0 saturated carbocycles. The summed E-state index contributed by atoms with van der Waals surface area (Å²) in [6.07, 6.45) is 2.35. The Hall–Kier alpha value is -1.10. The molecule has 0 radical (unpaired) electrons. The Morgan fingerprint density at radius 2 is 2.16 bits per heavy atom. The highest BCUT2D eigenvalue weighted by molar-refractivity contribution is 5.94. The molecule has 4 nitrogen and oxygen atoms in total. The molecule has 1 saturated heterocycles. The third-order valence-corrected chi connectivity index (χ3v) is 3.20. The summed E-state index contributed by atoms with van der Waals surface area (Å²) in [4.78, 5) is 11.9. The SMILES string of the molecule is COCc1ccc(C(=O)NCC2CCCN2)cc1.Cl. The van der Waals surface area contributed by atoms with Gasteiger partial charge in [-0.15, -0.1) is 12.4 Å². The van der Waals surface area contributed by atoms with Gasteiger partial charge in [0, 0.05) is 25.3 Å². The Bertz CT molecular complexity index is 389. The van der Waals surface area contributed by atoms with Crippen molar-refractivity contribution in [2.24, 2.45) is 0 Å². The zero-order chi connectivity index (χ0) is 12.8. The first kappa shape index (κ1) is 16.0. The number of hydrogen-bond donors (Lipinski definition) is 2. The van der Waals surface area contributed by atoms with Gasteiger partial charge < -0.3 is 15.4 Å². The largest absolute Gasteiger partial charge is 0.380 e. The highest BCUT2D eigenvalue weighted by Crippen LogP contribution is 2.07. The van der Waals surface area contributed by atoms with Gasteiger partial charge in [-0.05, 0) is 37.1 Å². The molecule has 0 aromatic heterocycles. The normalized spacial score (nSPS) is 17.8. The van der Waals surface area contributed by atoms with Crippen LogP contribution in [0.4, 0.5) is 0 Å². The molecule has 1 aromatic rings. The number of hydrogen-bond acceptors (Lipinski definition) is 3. The molecule has 1 aliphatic rings. The van der Waals surface area contributed by atoms with Gasteiger partial charge in [0.2, 0.25) is 0 Å². The van der Waals surface area contributed by atoms with Gasteiger partial charge >= 0.3 is 0 Å². The second-order valence-corrected chi connectivity index (χ2v) is 4.63. The summed E-state index contributed by atoms with van der Waals surface area (Å²) in [5.41, 5.74) is 1.78. The molecule has 1 atom stereocenters. The summed E-state index contributed by atoms with van der Waals surface area (Å²) in [7, 11) is 1.66. The first-order valence-electron chi connectivity index (χ1n) is 6.39. The van der Waals surface area contributed by atoms with Crippen molar-refractivity contribution in [3.63, 3.8) is 0 Å². The summed E-state index contributed by atoms with van der Waals surface area (Å²) in [6.45, 7) is 2.35. The minimum atomic E-state index is -0.00679. The predicted molar refractivity (Wildman–Crippen MR) is 77.8 cm³/mol. The number of methoxy groups -OCH3 is 1. The first-order chi connectivity index (χ1) is 8.79. The highest BCUT2D eigenvalue weighted by Gasteiger charge is 2.15. The van der Waals surface area contributed by atoms with E-state index in [2.05, 4.69) is 10.6 Å². The van der Waals surface area contributed by atoms with E-state index in [1.54, 1.807) is 7.11 Å². The van der Waals surface area contributed by atoms with Crippen molar-refractivity contribution >= 4 is 18.3 Å². The van der Waals surface area contributed by atoms with E-state index in [1.807, 2.05) is 24.3 Å². The summed E-state index contributed by atoms with van der Waals surface area (Å²) in [6, 6.07) is 7.96. The van der Waals surface area contributed by atoms with Crippen molar-refractivity contribution in [2.75, 3.05) is 20.2 Å². The molecule has 1 amide bonds. The predicted octanol–water partition coefficient (Wildman–Crippen LogP) is 1.74. The van der Waals surface area contributed by atoms with E-state index in [-0.39, 0.29) is 18.3 Å². The lowest BCUT2D eigenvalue weighted by atomic mass is 10.1. The fourth-order valence-corrected chi connectivity index (χ4v) is 2.17. The molecule has 0 aliphatic carbocycles. The second-order valence-electron chi connectivity index (χ2n) is 4.63. The quantitative estimate of drug-likeness (QED) is 0.866. The average molecular weight is 285 g/mol.